The first-order valence-electron chi connectivity index (χ1n) is 20.4. The number of allylic oxidation sites excluding steroid dienone is 3. The third-order valence-electron chi connectivity index (χ3n) is 15.4. The van der Waals surface area contributed by atoms with Crippen molar-refractivity contribution in [2.45, 2.75) is 99.5 Å². The Hall–Kier alpha value is -3.22. The standard InChI is InChI=1S/C47H61ClN2O4/c1-29(2)40-37(51)27-47(43(54)50(26-25-49(7)8)28-30-9-15-33(48)16-10-30)24-20-36-34(41(40)47)17-18-39-45(36,5)23-21-38-44(3,4)35(19-22-46(38,39)6)31-11-13-32(14-12-31)42(52)53/h9-16,19,29,34,36,38-39H,17-18,20-28H2,1-8H3,(H,52,53). The Balaban J connectivity index is 1.22. The molecule has 290 valence electrons. The van der Waals surface area contributed by atoms with Crippen LogP contribution in [-0.4, -0.2) is 59.8 Å². The number of carboxylic acid groups (broad SMARTS) is 1. The highest BCUT2D eigenvalue weighted by atomic mass is 35.5. The number of ketones is 1. The molecule has 2 aromatic carbocycles. The molecule has 6 nitrogen and oxygen atoms in total. The van der Waals surface area contributed by atoms with Crippen molar-refractivity contribution in [1.82, 2.24) is 9.80 Å². The van der Waals surface area contributed by atoms with Gasteiger partial charge in [0.2, 0.25) is 5.91 Å². The van der Waals surface area contributed by atoms with E-state index >= 15 is 4.79 Å². The maximum Gasteiger partial charge on any atom is 0.335 e. The zero-order valence-electron chi connectivity index (χ0n) is 33.8. The molecule has 0 heterocycles. The quantitative estimate of drug-likeness (QED) is 0.276. The molecule has 5 aliphatic carbocycles. The van der Waals surface area contributed by atoms with E-state index in [4.69, 9.17) is 11.6 Å². The minimum absolute atomic E-state index is 0.0601. The summed E-state index contributed by atoms with van der Waals surface area (Å²) in [5, 5.41) is 10.2. The molecule has 3 saturated carbocycles. The molecule has 54 heavy (non-hydrogen) atoms. The summed E-state index contributed by atoms with van der Waals surface area (Å²) in [6.07, 6.45) is 9.97. The van der Waals surface area contributed by atoms with Gasteiger partial charge in [-0.25, -0.2) is 4.79 Å². The maximum atomic E-state index is 15.3. The summed E-state index contributed by atoms with van der Waals surface area (Å²) in [7, 11) is 4.10. The number of benzene rings is 2. The number of carbonyl (C=O) groups excluding carboxylic acids is 2. The van der Waals surface area contributed by atoms with Crippen molar-refractivity contribution < 1.29 is 19.5 Å². The van der Waals surface area contributed by atoms with Crippen molar-refractivity contribution in [3.05, 3.63) is 87.5 Å². The fourth-order valence-electron chi connectivity index (χ4n) is 13.1. The van der Waals surface area contributed by atoms with Gasteiger partial charge in [0.15, 0.2) is 5.78 Å². The monoisotopic (exact) mass is 752 g/mol. The first-order valence-corrected chi connectivity index (χ1v) is 20.8. The summed E-state index contributed by atoms with van der Waals surface area (Å²) in [5.41, 5.74) is 5.44. The zero-order chi connectivity index (χ0) is 39.0. The van der Waals surface area contributed by atoms with Crippen LogP contribution in [0.1, 0.15) is 114 Å². The number of carbonyl (C=O) groups is 3. The van der Waals surface area contributed by atoms with E-state index in [0.717, 1.165) is 68.2 Å². The molecule has 7 rings (SSSR count). The third-order valence-corrected chi connectivity index (χ3v) is 15.7. The number of fused-ring (bicyclic) bond motifs is 7. The Morgan fingerprint density at radius 2 is 1.56 bits per heavy atom. The number of hydrogen-bond donors (Lipinski definition) is 1. The first kappa shape index (κ1) is 39.0. The lowest BCUT2D eigenvalue weighted by atomic mass is 9.37. The van der Waals surface area contributed by atoms with E-state index < -0.39 is 11.4 Å². The Kier molecular flexibility index (Phi) is 10.2. The predicted octanol–water partition coefficient (Wildman–Crippen LogP) is 10.2. The van der Waals surface area contributed by atoms with Gasteiger partial charge in [0.1, 0.15) is 0 Å². The minimum atomic E-state index is -0.893. The van der Waals surface area contributed by atoms with Gasteiger partial charge in [0.05, 0.1) is 11.0 Å². The van der Waals surface area contributed by atoms with E-state index in [9.17, 15) is 14.7 Å². The number of likely N-dealkylation sites (N-methyl/N-ethyl adjacent to an activating group) is 1. The van der Waals surface area contributed by atoms with Crippen molar-refractivity contribution in [2.75, 3.05) is 27.2 Å². The van der Waals surface area contributed by atoms with E-state index in [2.05, 4.69) is 52.5 Å². The molecule has 2 aromatic rings. The summed E-state index contributed by atoms with van der Waals surface area (Å²) >= 11 is 6.25. The number of amides is 1. The molecular formula is C47H61ClN2O4. The molecule has 0 saturated heterocycles. The average molecular weight is 753 g/mol. The Morgan fingerprint density at radius 1 is 0.870 bits per heavy atom. The number of halogens is 1. The fraction of sp³-hybridized carbons (Fsp3) is 0.596. The molecule has 0 spiro atoms. The molecule has 5 aliphatic rings. The molecule has 7 unspecified atom stereocenters. The summed E-state index contributed by atoms with van der Waals surface area (Å²) in [6.45, 7) is 16.2. The SMILES string of the molecule is CC(C)C1=C2C3CCC4C(C)(CCC5C(C)(C)C(c6ccc(C(=O)O)cc6)=CCC54C)C3CCC2(C(=O)N(CCN(C)C)Cc2ccc(Cl)cc2)CC1=O. The van der Waals surface area contributed by atoms with Gasteiger partial charge in [0, 0.05) is 31.1 Å². The van der Waals surface area contributed by atoms with E-state index in [1.54, 1.807) is 12.1 Å². The van der Waals surface area contributed by atoms with Crippen molar-refractivity contribution in [1.29, 1.82) is 0 Å². The molecule has 3 fully saturated rings. The topological polar surface area (TPSA) is 77.9 Å². The second kappa shape index (κ2) is 14.1. The molecular weight excluding hydrogens is 692 g/mol. The van der Waals surface area contributed by atoms with Crippen LogP contribution in [0.3, 0.4) is 0 Å². The summed E-state index contributed by atoms with van der Waals surface area (Å²) < 4.78 is 0. The van der Waals surface area contributed by atoms with Crippen LogP contribution in [0.15, 0.2) is 65.8 Å². The summed E-state index contributed by atoms with van der Waals surface area (Å²) in [5.74, 6) is 1.25. The summed E-state index contributed by atoms with van der Waals surface area (Å²) in [4.78, 5) is 45.3. The van der Waals surface area contributed by atoms with E-state index in [-0.39, 0.29) is 39.8 Å². The lowest BCUT2D eigenvalue weighted by molar-refractivity contribution is -0.163. The van der Waals surface area contributed by atoms with Crippen LogP contribution in [0.5, 0.6) is 0 Å². The largest absolute Gasteiger partial charge is 0.478 e. The van der Waals surface area contributed by atoms with E-state index in [1.807, 2.05) is 55.4 Å². The van der Waals surface area contributed by atoms with Gasteiger partial charge < -0.3 is 14.9 Å². The Bertz CT molecular complexity index is 1880. The lowest BCUT2D eigenvalue weighted by Crippen LogP contribution is -2.61. The number of carboxylic acids is 1. The van der Waals surface area contributed by atoms with Crippen LogP contribution in [0.2, 0.25) is 5.02 Å². The third kappa shape index (κ3) is 6.22. The lowest BCUT2D eigenvalue weighted by Gasteiger charge is -2.68. The van der Waals surface area contributed by atoms with Gasteiger partial charge in [0.25, 0.3) is 0 Å². The van der Waals surface area contributed by atoms with Gasteiger partial charge >= 0.3 is 5.97 Å². The first-order chi connectivity index (χ1) is 25.4. The second-order valence-corrected chi connectivity index (χ2v) is 19.7. The van der Waals surface area contributed by atoms with Gasteiger partial charge in [-0.3, -0.25) is 9.59 Å². The Labute approximate surface area is 328 Å². The van der Waals surface area contributed by atoms with Crippen LogP contribution in [0, 0.1) is 51.2 Å². The minimum Gasteiger partial charge on any atom is -0.478 e. The normalized spacial score (nSPS) is 32.8. The average Bonchev–Trinajstić information content (AvgIpc) is 3.43. The highest BCUT2D eigenvalue weighted by Gasteiger charge is 2.67. The molecule has 0 aromatic heterocycles. The molecule has 0 radical (unpaired) electrons. The van der Waals surface area contributed by atoms with Crippen LogP contribution >= 0.6 is 11.6 Å². The van der Waals surface area contributed by atoms with Crippen molar-refractivity contribution in [3.8, 4) is 0 Å². The molecule has 1 amide bonds. The number of aromatic carboxylic acids is 1. The van der Waals surface area contributed by atoms with Gasteiger partial charge in [-0.2, -0.15) is 0 Å². The highest BCUT2D eigenvalue weighted by molar-refractivity contribution is 6.30. The van der Waals surface area contributed by atoms with E-state index in [0.29, 0.717) is 47.9 Å². The van der Waals surface area contributed by atoms with E-state index in [1.165, 1.54) is 11.1 Å². The fourth-order valence-corrected chi connectivity index (χ4v) is 13.3. The van der Waals surface area contributed by atoms with Crippen LogP contribution in [0.25, 0.3) is 5.57 Å². The number of hydrogen-bond acceptors (Lipinski definition) is 4. The van der Waals surface area contributed by atoms with Crippen LogP contribution < -0.4 is 0 Å². The number of nitrogens with zero attached hydrogens (tertiary/aromatic N) is 2. The highest BCUT2D eigenvalue weighted by Crippen LogP contribution is 2.73. The second-order valence-electron chi connectivity index (χ2n) is 19.2. The van der Waals surface area contributed by atoms with Gasteiger partial charge in [-0.1, -0.05) is 83.5 Å². The van der Waals surface area contributed by atoms with Crippen molar-refractivity contribution in [2.24, 2.45) is 51.2 Å². The molecule has 7 heteroatoms. The predicted molar refractivity (Wildman–Crippen MR) is 217 cm³/mol. The molecule has 0 bridgehead atoms. The Morgan fingerprint density at radius 3 is 2.19 bits per heavy atom. The molecule has 7 atom stereocenters. The van der Waals surface area contributed by atoms with Crippen molar-refractivity contribution >= 4 is 34.8 Å². The van der Waals surface area contributed by atoms with Crippen molar-refractivity contribution in [3.63, 3.8) is 0 Å². The zero-order valence-corrected chi connectivity index (χ0v) is 34.6. The van der Waals surface area contributed by atoms with Gasteiger partial charge in [-0.15, -0.1) is 0 Å². The maximum absolute atomic E-state index is 15.3. The van der Waals surface area contributed by atoms with Crippen LogP contribution in [-0.2, 0) is 16.1 Å². The smallest absolute Gasteiger partial charge is 0.335 e. The number of Topliss-reactive ketones (excluding diaryl/α,β-unsaturated/α-hetero) is 1. The molecule has 0 aliphatic heterocycles. The van der Waals surface area contributed by atoms with Crippen LogP contribution in [0.4, 0.5) is 0 Å². The number of rotatable bonds is 9. The molecule has 1 N–H and O–H groups in total. The van der Waals surface area contributed by atoms with Gasteiger partial charge in [-0.05, 0) is 157 Å². The summed E-state index contributed by atoms with van der Waals surface area (Å²) in [6, 6.07) is 15.3.